The highest BCUT2D eigenvalue weighted by Gasteiger charge is 2.36. The second-order valence-electron chi connectivity index (χ2n) is 10.2. The first kappa shape index (κ1) is 28.9. The molecule has 1 aromatic carbocycles. The predicted molar refractivity (Wildman–Crippen MR) is 151 cm³/mol. The van der Waals surface area contributed by atoms with E-state index < -0.39 is 21.6 Å². The van der Waals surface area contributed by atoms with Crippen LogP contribution in [0.2, 0.25) is 5.02 Å². The molecule has 1 fully saturated rings. The molecule has 4 aromatic rings. The molecular weight excluding hydrogens is 573 g/mol. The summed E-state index contributed by atoms with van der Waals surface area (Å²) in [4.78, 5) is 24.7. The van der Waals surface area contributed by atoms with Gasteiger partial charge in [-0.3, -0.25) is 4.79 Å². The van der Waals surface area contributed by atoms with Crippen molar-refractivity contribution < 1.29 is 27.4 Å². The Morgan fingerprint density at radius 1 is 1.27 bits per heavy atom. The Morgan fingerprint density at radius 3 is 2.76 bits per heavy atom. The summed E-state index contributed by atoms with van der Waals surface area (Å²) >= 11 is 6.21. The minimum atomic E-state index is -4.07. The van der Waals surface area contributed by atoms with E-state index in [1.165, 1.54) is 30.6 Å². The highest BCUT2D eigenvalue weighted by molar-refractivity contribution is 7.90. The predicted octanol–water partition coefficient (Wildman–Crippen LogP) is 5.08. The third-order valence-electron chi connectivity index (χ3n) is 7.08. The molecular formula is C28H29ClFN5O5S. The Balaban J connectivity index is 1.51. The van der Waals surface area contributed by atoms with Crippen molar-refractivity contribution >= 4 is 44.4 Å². The summed E-state index contributed by atoms with van der Waals surface area (Å²) < 4.78 is 48.1. The summed E-state index contributed by atoms with van der Waals surface area (Å²) in [6, 6.07) is 7.93. The van der Waals surface area contributed by atoms with Gasteiger partial charge in [0.05, 0.1) is 22.7 Å². The highest BCUT2D eigenvalue weighted by atomic mass is 35.5. The Labute approximate surface area is 241 Å². The van der Waals surface area contributed by atoms with Crippen molar-refractivity contribution in [2.75, 3.05) is 11.9 Å². The third kappa shape index (κ3) is 6.04. The summed E-state index contributed by atoms with van der Waals surface area (Å²) in [5, 5.41) is 14.7. The van der Waals surface area contributed by atoms with Gasteiger partial charge >= 0.3 is 5.97 Å². The van der Waals surface area contributed by atoms with Crippen molar-refractivity contribution in [1.82, 2.24) is 18.9 Å². The van der Waals surface area contributed by atoms with E-state index >= 15 is 0 Å². The molecule has 216 valence electrons. The number of ether oxygens (including phenoxy) is 1. The van der Waals surface area contributed by atoms with E-state index in [1.54, 1.807) is 19.1 Å². The smallest absolute Gasteiger partial charge is 0.306 e. The maximum Gasteiger partial charge on any atom is 0.306 e. The van der Waals surface area contributed by atoms with Crippen LogP contribution in [0, 0.1) is 18.7 Å². The van der Waals surface area contributed by atoms with Crippen LogP contribution in [0.1, 0.15) is 44.6 Å². The molecule has 0 amide bonds. The van der Waals surface area contributed by atoms with Crippen molar-refractivity contribution in [3.63, 3.8) is 0 Å². The molecule has 5 rings (SSSR count). The number of fused-ring (bicyclic) bond motifs is 1. The number of nitrogens with one attached hydrogen (secondary N) is 1. The van der Waals surface area contributed by atoms with Gasteiger partial charge in [0.25, 0.3) is 10.0 Å². The number of pyridine rings is 1. The molecule has 1 saturated carbocycles. The van der Waals surface area contributed by atoms with Gasteiger partial charge in [0.2, 0.25) is 0 Å². The van der Waals surface area contributed by atoms with Crippen LogP contribution in [0.15, 0.2) is 53.8 Å². The van der Waals surface area contributed by atoms with E-state index in [0.717, 1.165) is 22.2 Å². The second kappa shape index (κ2) is 11.3. The first-order chi connectivity index (χ1) is 19.5. The maximum absolute atomic E-state index is 14.9. The van der Waals surface area contributed by atoms with Crippen molar-refractivity contribution in [1.29, 1.82) is 0 Å². The van der Waals surface area contributed by atoms with E-state index in [9.17, 15) is 22.7 Å². The lowest BCUT2D eigenvalue weighted by Gasteiger charge is -2.37. The van der Waals surface area contributed by atoms with Gasteiger partial charge < -0.3 is 15.2 Å². The van der Waals surface area contributed by atoms with Crippen LogP contribution in [0.5, 0.6) is 0 Å². The number of aryl methyl sites for hydroxylation is 1. The molecule has 10 nitrogen and oxygen atoms in total. The zero-order valence-corrected chi connectivity index (χ0v) is 24.0. The SMILES string of the molecule is CCOC(=O)CC1CCCC(O)(Nc2nc(-c3cn(S(=O)(=O)c4ccc(C)cc4)c4ncc(Cl)cc34)ncc2F)C1. The van der Waals surface area contributed by atoms with Gasteiger partial charge in [-0.1, -0.05) is 29.3 Å². The summed E-state index contributed by atoms with van der Waals surface area (Å²) in [5.41, 5.74) is -0.265. The fourth-order valence-corrected chi connectivity index (χ4v) is 6.63. The molecule has 1 aliphatic carbocycles. The molecule has 41 heavy (non-hydrogen) atoms. The fourth-order valence-electron chi connectivity index (χ4n) is 5.15. The van der Waals surface area contributed by atoms with Gasteiger partial charge in [-0.25, -0.2) is 31.7 Å². The largest absolute Gasteiger partial charge is 0.466 e. The maximum atomic E-state index is 14.9. The first-order valence-corrected chi connectivity index (χ1v) is 15.0. The average molecular weight is 602 g/mol. The molecule has 0 saturated heterocycles. The van der Waals surface area contributed by atoms with Crippen LogP contribution in [0.3, 0.4) is 0 Å². The first-order valence-electron chi connectivity index (χ1n) is 13.2. The Morgan fingerprint density at radius 2 is 2.02 bits per heavy atom. The minimum absolute atomic E-state index is 0.00306. The number of hydrogen-bond acceptors (Lipinski definition) is 9. The molecule has 1 aliphatic rings. The number of anilines is 1. The normalized spacial score (nSPS) is 19.3. The van der Waals surface area contributed by atoms with E-state index in [2.05, 4.69) is 20.3 Å². The standard InChI is InChI=1S/C28H29ClFN5O5S/c1-3-40-24(36)11-18-5-4-10-28(37,13-18)34-26-23(30)15-31-25(33-26)22-16-35(27-21(22)12-19(29)14-32-27)41(38,39)20-8-6-17(2)7-9-20/h6-9,12,14-16,18,37H,3-5,10-11,13H2,1-2H3,(H,31,33,34). The second-order valence-corrected chi connectivity index (χ2v) is 12.5. The Hall–Kier alpha value is -3.61. The number of nitrogens with zero attached hydrogens (tertiary/aromatic N) is 4. The number of halogens is 2. The van der Waals surface area contributed by atoms with Crippen molar-refractivity contribution in [3.05, 3.63) is 65.3 Å². The molecule has 3 aromatic heterocycles. The number of hydrogen-bond donors (Lipinski definition) is 2. The molecule has 0 aliphatic heterocycles. The quantitative estimate of drug-likeness (QED) is 0.209. The molecule has 3 heterocycles. The van der Waals surface area contributed by atoms with E-state index in [4.69, 9.17) is 16.3 Å². The van der Waals surface area contributed by atoms with Crippen LogP contribution in [0.25, 0.3) is 22.4 Å². The van der Waals surface area contributed by atoms with Crippen molar-refractivity contribution in [3.8, 4) is 11.4 Å². The van der Waals surface area contributed by atoms with Crippen molar-refractivity contribution in [2.45, 2.75) is 56.6 Å². The van der Waals surface area contributed by atoms with Crippen LogP contribution in [-0.2, 0) is 19.6 Å². The number of aliphatic hydroxyl groups is 1. The number of esters is 1. The van der Waals surface area contributed by atoms with Crippen LogP contribution in [-0.4, -0.2) is 50.7 Å². The van der Waals surface area contributed by atoms with Gasteiger partial charge in [0, 0.05) is 29.8 Å². The van der Waals surface area contributed by atoms with Gasteiger partial charge in [0.1, 0.15) is 5.72 Å². The lowest BCUT2D eigenvalue weighted by molar-refractivity contribution is -0.145. The number of aromatic nitrogens is 4. The fraction of sp³-hybridized carbons (Fsp3) is 0.357. The minimum Gasteiger partial charge on any atom is -0.466 e. The Kier molecular flexibility index (Phi) is 8.00. The zero-order chi connectivity index (χ0) is 29.4. The Bertz CT molecular complexity index is 1710. The van der Waals surface area contributed by atoms with Crippen molar-refractivity contribution in [2.24, 2.45) is 5.92 Å². The zero-order valence-electron chi connectivity index (χ0n) is 22.5. The highest BCUT2D eigenvalue weighted by Crippen LogP contribution is 2.37. The molecule has 0 bridgehead atoms. The van der Waals surface area contributed by atoms with Gasteiger partial charge in [-0.15, -0.1) is 0 Å². The third-order valence-corrected chi connectivity index (χ3v) is 8.95. The molecule has 0 spiro atoms. The number of rotatable bonds is 8. The number of carbonyl (C=O) groups is 1. The summed E-state index contributed by atoms with van der Waals surface area (Å²) in [6.45, 7) is 3.85. The number of carbonyl (C=O) groups excluding carboxylic acids is 1. The van der Waals surface area contributed by atoms with Gasteiger partial charge in [-0.2, -0.15) is 0 Å². The molecule has 2 atom stereocenters. The average Bonchev–Trinajstić information content (AvgIpc) is 3.30. The van der Waals surface area contributed by atoms with Gasteiger partial charge in [0.15, 0.2) is 23.1 Å². The monoisotopic (exact) mass is 601 g/mol. The van der Waals surface area contributed by atoms with Crippen LogP contribution < -0.4 is 5.32 Å². The van der Waals surface area contributed by atoms with E-state index in [1.807, 2.05) is 6.92 Å². The summed E-state index contributed by atoms with van der Waals surface area (Å²) in [6.07, 6.45) is 5.60. The van der Waals surface area contributed by atoms with E-state index in [-0.39, 0.29) is 64.1 Å². The van der Waals surface area contributed by atoms with E-state index in [0.29, 0.717) is 18.2 Å². The number of benzene rings is 1. The van der Waals surface area contributed by atoms with Crippen LogP contribution >= 0.6 is 11.6 Å². The molecule has 2 unspecified atom stereocenters. The van der Waals surface area contributed by atoms with Gasteiger partial charge in [-0.05, 0) is 63.6 Å². The molecule has 13 heteroatoms. The summed E-state index contributed by atoms with van der Waals surface area (Å²) in [7, 11) is -4.07. The lowest BCUT2D eigenvalue weighted by Crippen LogP contribution is -2.43. The lowest BCUT2D eigenvalue weighted by atomic mass is 9.81. The topological polar surface area (TPSA) is 136 Å². The van der Waals surface area contributed by atoms with Crippen LogP contribution in [0.4, 0.5) is 10.2 Å². The summed E-state index contributed by atoms with van der Waals surface area (Å²) in [5.74, 6) is -1.55. The molecule has 2 N–H and O–H groups in total. The molecule has 0 radical (unpaired) electrons.